The van der Waals surface area contributed by atoms with E-state index in [0.29, 0.717) is 6.54 Å². The van der Waals surface area contributed by atoms with Gasteiger partial charge < -0.3 is 16.0 Å². The monoisotopic (exact) mass is 297 g/mol. The molecule has 3 rings (SSSR count). The average molecular weight is 297 g/mol. The molecule has 2 fully saturated rings. The number of hydrogen-bond acceptors (Lipinski definition) is 3. The Bertz CT molecular complexity index is 512. The summed E-state index contributed by atoms with van der Waals surface area (Å²) in [5.41, 5.74) is 7.96. The van der Waals surface area contributed by atoms with Gasteiger partial charge in [0.05, 0.1) is 6.54 Å². The minimum absolute atomic E-state index is 0.427. The Labute approximate surface area is 134 Å². The van der Waals surface area contributed by atoms with Gasteiger partial charge in [-0.25, -0.2) is 0 Å². The maximum absolute atomic E-state index is 5.42. The van der Waals surface area contributed by atoms with Crippen molar-refractivity contribution in [2.24, 2.45) is 5.73 Å². The van der Waals surface area contributed by atoms with Gasteiger partial charge in [-0.15, -0.1) is 0 Å². The molecule has 3 nitrogen and oxygen atoms in total. The fourth-order valence-electron chi connectivity index (χ4n) is 3.76. The molecule has 2 heterocycles. The molecular weight excluding hydrogens is 270 g/mol. The minimum Gasteiger partial charge on any atom is -0.320 e. The van der Waals surface area contributed by atoms with Crippen LogP contribution in [0, 0.1) is 11.8 Å². The number of benzene rings is 1. The standard InChI is InChI=1S/C19H27N3/c20-11-1-2-16-3-5-17(6-4-16)18-9-14-22(15-10-18)19-7-12-21-13-8-19/h3-6,18-19,21H,7-15,20H2. The lowest BCUT2D eigenvalue weighted by atomic mass is 9.87. The summed E-state index contributed by atoms with van der Waals surface area (Å²) in [5, 5.41) is 3.46. The van der Waals surface area contributed by atoms with E-state index in [9.17, 15) is 0 Å². The van der Waals surface area contributed by atoms with Crippen LogP contribution in [0.3, 0.4) is 0 Å². The molecule has 22 heavy (non-hydrogen) atoms. The molecule has 2 aliphatic rings. The lowest BCUT2D eigenvalue weighted by molar-refractivity contribution is 0.127. The van der Waals surface area contributed by atoms with E-state index in [1.165, 1.54) is 57.4 Å². The van der Waals surface area contributed by atoms with Crippen LogP contribution < -0.4 is 11.1 Å². The van der Waals surface area contributed by atoms with Crippen LogP contribution in [0.25, 0.3) is 0 Å². The fraction of sp³-hybridized carbons (Fsp3) is 0.579. The van der Waals surface area contributed by atoms with Gasteiger partial charge in [-0.05, 0) is 75.5 Å². The normalized spacial score (nSPS) is 21.3. The van der Waals surface area contributed by atoms with E-state index in [1.807, 2.05) is 0 Å². The van der Waals surface area contributed by atoms with E-state index >= 15 is 0 Å². The van der Waals surface area contributed by atoms with Crippen molar-refractivity contribution in [3.63, 3.8) is 0 Å². The molecule has 1 aromatic carbocycles. The van der Waals surface area contributed by atoms with Crippen LogP contribution in [-0.4, -0.2) is 43.7 Å². The smallest absolute Gasteiger partial charge is 0.0555 e. The SMILES string of the molecule is NCC#Cc1ccc(C2CCN(C3CCNCC3)CC2)cc1. The Morgan fingerprint density at radius 1 is 1.05 bits per heavy atom. The first-order valence-corrected chi connectivity index (χ1v) is 8.60. The molecule has 0 amide bonds. The highest BCUT2D eigenvalue weighted by atomic mass is 15.2. The van der Waals surface area contributed by atoms with Crippen molar-refractivity contribution < 1.29 is 0 Å². The maximum Gasteiger partial charge on any atom is 0.0555 e. The summed E-state index contributed by atoms with van der Waals surface area (Å²) in [7, 11) is 0. The quantitative estimate of drug-likeness (QED) is 0.820. The first kappa shape index (κ1) is 15.6. The third kappa shape index (κ3) is 3.89. The van der Waals surface area contributed by atoms with Gasteiger partial charge in [-0.1, -0.05) is 24.0 Å². The second kappa shape index (κ2) is 7.78. The Kier molecular flexibility index (Phi) is 5.50. The number of likely N-dealkylation sites (tertiary alicyclic amines) is 1. The number of piperidine rings is 2. The first-order chi connectivity index (χ1) is 10.9. The van der Waals surface area contributed by atoms with Crippen molar-refractivity contribution in [1.29, 1.82) is 0 Å². The molecule has 3 heteroatoms. The highest BCUT2D eigenvalue weighted by Crippen LogP contribution is 2.30. The summed E-state index contributed by atoms with van der Waals surface area (Å²) in [4.78, 5) is 2.72. The molecule has 2 saturated heterocycles. The van der Waals surface area contributed by atoms with Gasteiger partial charge in [0.1, 0.15) is 0 Å². The van der Waals surface area contributed by atoms with Gasteiger partial charge in [0.25, 0.3) is 0 Å². The summed E-state index contributed by atoms with van der Waals surface area (Å²) in [6, 6.07) is 9.60. The van der Waals surface area contributed by atoms with Crippen LogP contribution in [0.1, 0.15) is 42.7 Å². The Hall–Kier alpha value is -1.34. The lowest BCUT2D eigenvalue weighted by Gasteiger charge is -2.39. The van der Waals surface area contributed by atoms with Crippen molar-refractivity contribution in [3.8, 4) is 11.8 Å². The zero-order chi connectivity index (χ0) is 15.2. The maximum atomic E-state index is 5.42. The Morgan fingerprint density at radius 2 is 1.73 bits per heavy atom. The molecule has 0 aromatic heterocycles. The molecule has 0 radical (unpaired) electrons. The summed E-state index contributed by atoms with van der Waals surface area (Å²) < 4.78 is 0. The van der Waals surface area contributed by atoms with E-state index in [0.717, 1.165) is 17.5 Å². The van der Waals surface area contributed by atoms with Crippen LogP contribution in [0.15, 0.2) is 24.3 Å². The number of nitrogens with zero attached hydrogens (tertiary/aromatic N) is 1. The zero-order valence-electron chi connectivity index (χ0n) is 13.4. The molecule has 3 N–H and O–H groups in total. The third-order valence-corrected chi connectivity index (χ3v) is 5.07. The molecule has 0 saturated carbocycles. The number of nitrogens with two attached hydrogens (primary N) is 1. The van der Waals surface area contributed by atoms with Gasteiger partial charge in [0.2, 0.25) is 0 Å². The predicted octanol–water partition coefficient (Wildman–Crippen LogP) is 1.93. The summed E-state index contributed by atoms with van der Waals surface area (Å²) >= 11 is 0. The largest absolute Gasteiger partial charge is 0.320 e. The van der Waals surface area contributed by atoms with E-state index in [2.05, 4.69) is 46.3 Å². The third-order valence-electron chi connectivity index (χ3n) is 5.07. The van der Waals surface area contributed by atoms with E-state index in [1.54, 1.807) is 0 Å². The summed E-state index contributed by atoms with van der Waals surface area (Å²) in [5.74, 6) is 6.72. The number of rotatable bonds is 2. The van der Waals surface area contributed by atoms with Crippen molar-refractivity contribution in [3.05, 3.63) is 35.4 Å². The van der Waals surface area contributed by atoms with Gasteiger partial charge in [0, 0.05) is 11.6 Å². The Morgan fingerprint density at radius 3 is 2.36 bits per heavy atom. The lowest BCUT2D eigenvalue weighted by Crippen LogP contribution is -2.46. The molecule has 1 aromatic rings. The number of nitrogens with one attached hydrogen (secondary N) is 1. The van der Waals surface area contributed by atoms with Crippen molar-refractivity contribution in [2.45, 2.75) is 37.6 Å². The van der Waals surface area contributed by atoms with Gasteiger partial charge in [-0.3, -0.25) is 0 Å². The van der Waals surface area contributed by atoms with E-state index in [4.69, 9.17) is 5.73 Å². The van der Waals surface area contributed by atoms with Crippen LogP contribution >= 0.6 is 0 Å². The van der Waals surface area contributed by atoms with Crippen LogP contribution in [0.5, 0.6) is 0 Å². The molecule has 0 atom stereocenters. The predicted molar refractivity (Wildman–Crippen MR) is 91.8 cm³/mol. The van der Waals surface area contributed by atoms with Crippen molar-refractivity contribution >= 4 is 0 Å². The molecule has 0 unspecified atom stereocenters. The highest BCUT2D eigenvalue weighted by molar-refractivity contribution is 5.37. The average Bonchev–Trinajstić information content (AvgIpc) is 2.61. The second-order valence-electron chi connectivity index (χ2n) is 6.42. The summed E-state index contributed by atoms with van der Waals surface area (Å²) in [6.07, 6.45) is 5.22. The van der Waals surface area contributed by atoms with Crippen molar-refractivity contribution in [2.75, 3.05) is 32.7 Å². The van der Waals surface area contributed by atoms with E-state index in [-0.39, 0.29) is 0 Å². The van der Waals surface area contributed by atoms with Crippen LogP contribution in [0.2, 0.25) is 0 Å². The molecule has 118 valence electrons. The van der Waals surface area contributed by atoms with Gasteiger partial charge >= 0.3 is 0 Å². The molecule has 2 aliphatic heterocycles. The Balaban J connectivity index is 1.54. The molecule has 0 aliphatic carbocycles. The second-order valence-corrected chi connectivity index (χ2v) is 6.42. The topological polar surface area (TPSA) is 41.3 Å². The van der Waals surface area contributed by atoms with Crippen molar-refractivity contribution in [1.82, 2.24) is 10.2 Å². The van der Waals surface area contributed by atoms with Crippen LogP contribution in [0.4, 0.5) is 0 Å². The van der Waals surface area contributed by atoms with Gasteiger partial charge in [-0.2, -0.15) is 0 Å². The minimum atomic E-state index is 0.427. The zero-order valence-corrected chi connectivity index (χ0v) is 13.4. The number of hydrogen-bond donors (Lipinski definition) is 2. The fourth-order valence-corrected chi connectivity index (χ4v) is 3.76. The molecule has 0 bridgehead atoms. The molecule has 0 spiro atoms. The summed E-state index contributed by atoms with van der Waals surface area (Å²) in [6.45, 7) is 5.32. The van der Waals surface area contributed by atoms with Gasteiger partial charge in [0.15, 0.2) is 0 Å². The highest BCUT2D eigenvalue weighted by Gasteiger charge is 2.26. The molecular formula is C19H27N3. The first-order valence-electron chi connectivity index (χ1n) is 8.60. The van der Waals surface area contributed by atoms with E-state index < -0.39 is 0 Å². The van der Waals surface area contributed by atoms with Crippen LogP contribution in [-0.2, 0) is 0 Å².